The normalized spacial score (nSPS) is 18.0. The minimum atomic E-state index is -3.19. The number of rotatable bonds is 5. The molecule has 1 aliphatic rings. The molecule has 6 nitrogen and oxygen atoms in total. The van der Waals surface area contributed by atoms with E-state index < -0.39 is 9.84 Å². The van der Waals surface area contributed by atoms with Crippen molar-refractivity contribution in [2.75, 3.05) is 24.7 Å². The van der Waals surface area contributed by atoms with Crippen LogP contribution in [0.4, 0.5) is 5.82 Å². The highest BCUT2D eigenvalue weighted by Gasteiger charge is 2.15. The third-order valence-electron chi connectivity index (χ3n) is 3.75. The van der Waals surface area contributed by atoms with Crippen molar-refractivity contribution in [1.29, 1.82) is 0 Å². The largest absolute Gasteiger partial charge is 0.376 e. The van der Waals surface area contributed by atoms with Gasteiger partial charge in [-0.15, -0.1) is 0 Å². The Morgan fingerprint density at radius 1 is 1.26 bits per heavy atom. The van der Waals surface area contributed by atoms with E-state index in [1.54, 1.807) is 36.7 Å². The van der Waals surface area contributed by atoms with E-state index in [2.05, 4.69) is 15.3 Å². The summed E-state index contributed by atoms with van der Waals surface area (Å²) in [5.74, 6) is 0.685. The van der Waals surface area contributed by atoms with Gasteiger partial charge in [-0.05, 0) is 25.0 Å². The van der Waals surface area contributed by atoms with Crippen LogP contribution in [-0.2, 0) is 14.6 Å². The van der Waals surface area contributed by atoms with Gasteiger partial charge in [-0.2, -0.15) is 0 Å². The van der Waals surface area contributed by atoms with Crippen molar-refractivity contribution in [1.82, 2.24) is 9.97 Å². The lowest BCUT2D eigenvalue weighted by atomic mass is 10.2. The van der Waals surface area contributed by atoms with Gasteiger partial charge in [0.2, 0.25) is 0 Å². The third-order valence-corrected chi connectivity index (χ3v) is 4.88. The Labute approximate surface area is 135 Å². The van der Waals surface area contributed by atoms with Crippen molar-refractivity contribution >= 4 is 15.7 Å². The number of nitrogens with one attached hydrogen (secondary N) is 1. The summed E-state index contributed by atoms with van der Waals surface area (Å²) in [7, 11) is -3.19. The first-order valence-electron chi connectivity index (χ1n) is 7.50. The molecule has 1 aromatic carbocycles. The Bertz CT molecular complexity index is 769. The second-order valence-corrected chi connectivity index (χ2v) is 7.62. The summed E-state index contributed by atoms with van der Waals surface area (Å²) in [4.78, 5) is 9.00. The first-order chi connectivity index (χ1) is 11.0. The fraction of sp³-hybridized carbons (Fsp3) is 0.375. The molecule has 0 amide bonds. The van der Waals surface area contributed by atoms with E-state index >= 15 is 0 Å². The Kier molecular flexibility index (Phi) is 4.58. The maximum absolute atomic E-state index is 11.5. The Morgan fingerprint density at radius 3 is 2.70 bits per heavy atom. The van der Waals surface area contributed by atoms with Gasteiger partial charge in [-0.1, -0.05) is 12.1 Å². The maximum atomic E-state index is 11.5. The highest BCUT2D eigenvalue weighted by Crippen LogP contribution is 2.20. The molecule has 2 aromatic rings. The minimum Gasteiger partial charge on any atom is -0.376 e. The Morgan fingerprint density at radius 2 is 2.04 bits per heavy atom. The molecule has 2 heterocycles. The summed E-state index contributed by atoms with van der Waals surface area (Å²) in [6.07, 6.45) is 6.92. The van der Waals surface area contributed by atoms with E-state index in [1.165, 1.54) is 6.26 Å². The molecule has 0 saturated carbocycles. The van der Waals surface area contributed by atoms with Crippen molar-refractivity contribution in [2.45, 2.75) is 23.8 Å². The molecule has 0 bridgehead atoms. The fourth-order valence-electron chi connectivity index (χ4n) is 2.49. The topological polar surface area (TPSA) is 81.2 Å². The molecular weight excluding hydrogens is 314 g/mol. The van der Waals surface area contributed by atoms with Gasteiger partial charge < -0.3 is 10.1 Å². The minimum absolute atomic E-state index is 0.231. The van der Waals surface area contributed by atoms with Gasteiger partial charge in [-0.3, -0.25) is 4.98 Å². The van der Waals surface area contributed by atoms with Gasteiger partial charge in [0.05, 0.1) is 29.1 Å². The van der Waals surface area contributed by atoms with Gasteiger partial charge in [-0.25, -0.2) is 13.4 Å². The highest BCUT2D eigenvalue weighted by molar-refractivity contribution is 7.90. The summed E-state index contributed by atoms with van der Waals surface area (Å²) in [6, 6.07) is 6.64. The predicted molar refractivity (Wildman–Crippen MR) is 88.0 cm³/mol. The molecule has 3 rings (SSSR count). The molecule has 0 unspecified atom stereocenters. The van der Waals surface area contributed by atoms with E-state index in [9.17, 15) is 8.42 Å². The zero-order valence-corrected chi connectivity index (χ0v) is 13.7. The molecule has 1 saturated heterocycles. The molecule has 0 spiro atoms. The van der Waals surface area contributed by atoms with E-state index in [0.717, 1.165) is 25.0 Å². The van der Waals surface area contributed by atoms with Crippen molar-refractivity contribution < 1.29 is 13.2 Å². The van der Waals surface area contributed by atoms with E-state index in [4.69, 9.17) is 4.74 Å². The van der Waals surface area contributed by atoms with Gasteiger partial charge in [0.25, 0.3) is 0 Å². The molecular formula is C16H19N3O3S. The summed E-state index contributed by atoms with van der Waals surface area (Å²) < 4.78 is 28.6. The second-order valence-electron chi connectivity index (χ2n) is 5.60. The molecule has 1 aliphatic heterocycles. The van der Waals surface area contributed by atoms with E-state index in [1.807, 2.05) is 0 Å². The first kappa shape index (κ1) is 15.9. The number of hydrogen-bond acceptors (Lipinski definition) is 6. The zero-order chi connectivity index (χ0) is 16.3. The van der Waals surface area contributed by atoms with Gasteiger partial charge in [0.1, 0.15) is 5.82 Å². The van der Waals surface area contributed by atoms with Crippen molar-refractivity contribution in [3.63, 3.8) is 0 Å². The second kappa shape index (κ2) is 6.64. The lowest BCUT2D eigenvalue weighted by molar-refractivity contribution is 0.120. The number of ether oxygens (including phenoxy) is 1. The lowest BCUT2D eigenvalue weighted by Gasteiger charge is -2.11. The third kappa shape index (κ3) is 4.05. The molecule has 0 aliphatic carbocycles. The van der Waals surface area contributed by atoms with Crippen LogP contribution in [0.1, 0.15) is 12.8 Å². The number of nitrogens with zero attached hydrogens (tertiary/aromatic N) is 2. The SMILES string of the molecule is CS(=O)(=O)c1ccc(-c2cncc(NC[C@@H]3CCCO3)n2)cc1. The lowest BCUT2D eigenvalue weighted by Crippen LogP contribution is -2.19. The number of hydrogen-bond donors (Lipinski definition) is 1. The highest BCUT2D eigenvalue weighted by atomic mass is 32.2. The van der Waals surface area contributed by atoms with Crippen LogP contribution < -0.4 is 5.32 Å². The van der Waals surface area contributed by atoms with Crippen LogP contribution >= 0.6 is 0 Å². The zero-order valence-electron chi connectivity index (χ0n) is 12.9. The maximum Gasteiger partial charge on any atom is 0.175 e. The van der Waals surface area contributed by atoms with E-state index in [0.29, 0.717) is 23.0 Å². The van der Waals surface area contributed by atoms with Gasteiger partial charge in [0, 0.05) is 25.0 Å². The number of benzene rings is 1. The van der Waals surface area contributed by atoms with Crippen LogP contribution in [0, 0.1) is 0 Å². The van der Waals surface area contributed by atoms with Crippen LogP contribution in [0.5, 0.6) is 0 Å². The predicted octanol–water partition coefficient (Wildman–Crippen LogP) is 2.14. The Balaban J connectivity index is 1.73. The molecule has 1 aromatic heterocycles. The van der Waals surface area contributed by atoms with Crippen LogP contribution in [0.15, 0.2) is 41.6 Å². The van der Waals surface area contributed by atoms with Crippen molar-refractivity contribution in [3.8, 4) is 11.3 Å². The molecule has 1 atom stereocenters. The number of sulfone groups is 1. The smallest absolute Gasteiger partial charge is 0.175 e. The van der Waals surface area contributed by atoms with Crippen molar-refractivity contribution in [2.24, 2.45) is 0 Å². The quantitative estimate of drug-likeness (QED) is 0.903. The van der Waals surface area contributed by atoms with Crippen molar-refractivity contribution in [3.05, 3.63) is 36.7 Å². The van der Waals surface area contributed by atoms with Crippen LogP contribution in [0.2, 0.25) is 0 Å². The summed E-state index contributed by atoms with van der Waals surface area (Å²) >= 11 is 0. The average molecular weight is 333 g/mol. The summed E-state index contributed by atoms with van der Waals surface area (Å²) in [5, 5.41) is 3.24. The number of aromatic nitrogens is 2. The molecule has 1 N–H and O–H groups in total. The van der Waals surface area contributed by atoms with Gasteiger partial charge in [0.15, 0.2) is 9.84 Å². The average Bonchev–Trinajstić information content (AvgIpc) is 3.06. The Hall–Kier alpha value is -1.99. The molecule has 0 radical (unpaired) electrons. The molecule has 122 valence electrons. The van der Waals surface area contributed by atoms with Crippen LogP contribution in [0.3, 0.4) is 0 Å². The monoisotopic (exact) mass is 333 g/mol. The van der Waals surface area contributed by atoms with Crippen LogP contribution in [-0.4, -0.2) is 43.9 Å². The fourth-order valence-corrected chi connectivity index (χ4v) is 3.12. The van der Waals surface area contributed by atoms with Gasteiger partial charge >= 0.3 is 0 Å². The summed E-state index contributed by atoms with van der Waals surface area (Å²) in [6.45, 7) is 1.54. The standard InChI is InChI=1S/C16H19N3O3S/c1-23(20,21)14-6-4-12(5-7-14)15-10-17-11-16(19-15)18-9-13-3-2-8-22-13/h4-7,10-11,13H,2-3,8-9H2,1H3,(H,18,19)/t13-/m0/s1. The molecule has 23 heavy (non-hydrogen) atoms. The van der Waals surface area contributed by atoms with Crippen LogP contribution in [0.25, 0.3) is 11.3 Å². The molecule has 7 heteroatoms. The first-order valence-corrected chi connectivity index (χ1v) is 9.39. The number of anilines is 1. The summed E-state index contributed by atoms with van der Waals surface area (Å²) in [5.41, 5.74) is 1.52. The molecule has 1 fully saturated rings. The van der Waals surface area contributed by atoms with E-state index in [-0.39, 0.29) is 6.10 Å².